The molecular weight excluding hydrogens is 1510 g/mol. The number of likely N-dealkylation sites (N-methyl/N-ethyl adjacent to an activating group) is 2. The normalized spacial score (nSPS) is 19.0. The number of alkyl halides is 2. The molecule has 3 aliphatic heterocycles. The van der Waals surface area contributed by atoms with Gasteiger partial charge in [-0.3, -0.25) is 23.7 Å². The van der Waals surface area contributed by atoms with Gasteiger partial charge in [0.1, 0.15) is 50.0 Å². The summed E-state index contributed by atoms with van der Waals surface area (Å²) in [5.41, 5.74) is 20.4. The number of hydrogen-bond acceptors (Lipinski definition) is 26. The maximum atomic E-state index is 15.0. The summed E-state index contributed by atoms with van der Waals surface area (Å²) in [6.45, 7) is 16.6. The number of aliphatic hydroxyl groups excluding tert-OH is 1. The van der Waals surface area contributed by atoms with Crippen molar-refractivity contribution in [2.45, 2.75) is 148 Å². The van der Waals surface area contributed by atoms with Gasteiger partial charge in [-0.2, -0.15) is 28.3 Å². The third-order valence-electron chi connectivity index (χ3n) is 19.4. The number of allylic oxidation sites excluding steroid dienone is 6. The van der Waals surface area contributed by atoms with E-state index >= 15 is 8.78 Å². The zero-order valence-corrected chi connectivity index (χ0v) is 65.1. The zero-order chi connectivity index (χ0) is 79.3. The molecule has 0 radical (unpaired) electrons. The van der Waals surface area contributed by atoms with E-state index < -0.39 is 84.7 Å². The highest BCUT2D eigenvalue weighted by atomic mass is 35.5. The van der Waals surface area contributed by atoms with Gasteiger partial charge in [-0.15, -0.1) is 5.10 Å². The number of nitrogens with one attached hydrogen (secondary N) is 3. The van der Waals surface area contributed by atoms with Crippen LogP contribution >= 0.6 is 21.6 Å². The first kappa shape index (κ1) is 83.9. The highest BCUT2D eigenvalue weighted by Gasteiger charge is 2.60. The molecule has 1 fully saturated rings. The van der Waals surface area contributed by atoms with Gasteiger partial charge in [0.15, 0.2) is 23.0 Å². The molecule has 7 aromatic rings. The molecule has 1 saturated heterocycles. The van der Waals surface area contributed by atoms with Crippen LogP contribution in [0.15, 0.2) is 149 Å². The lowest BCUT2D eigenvalue weighted by Gasteiger charge is -2.34. The van der Waals surface area contributed by atoms with E-state index in [1.807, 2.05) is 31.2 Å². The van der Waals surface area contributed by atoms with Crippen molar-refractivity contribution in [3.63, 3.8) is 0 Å². The monoisotopic (exact) mass is 1600 g/mol. The fourth-order valence-electron chi connectivity index (χ4n) is 13.9. The first-order valence-corrected chi connectivity index (χ1v) is 38.8. The van der Waals surface area contributed by atoms with Gasteiger partial charge in [0.2, 0.25) is 29.7 Å². The Balaban J connectivity index is 0.0000133. The Hall–Kier alpha value is -10.6. The van der Waals surface area contributed by atoms with Crippen molar-refractivity contribution < 1.29 is 88.7 Å². The van der Waals surface area contributed by atoms with Crippen LogP contribution in [0.5, 0.6) is 5.88 Å². The standard InChI is InChI=1S/C76H89F2N17O14S2.ClH/c1-8-92-55-18-13-11-16-52(55)74(4,5)58(92)27-22-46-38-51(107-43-50-42-91(90-89-50)32-15-31-81-61(96)29-26-54(68(100)101)85-66(98)45-20-24-48(25-21-45)82-40-49-41-83-65-62(84-49)67(99)88-70(80)87-65)39-47(23-28-59-75(6,7)53-17-12-14-19-56(53)93(59)9-2)63(46)94(10-3)72(103)105-34-36-110-111-37-35-106-73(104)108-44-57-64(97)76(77,78)69(109-57)95-33-30-60(79)86-71(95)102;/h11-14,16-25,27-28,30,33,41-42,51,54,57,64,69,97H,8-10,15,26,29,31-32,34-40,43-44H2,1-7H3,(H8-,79,80,81,82,83,85,86,87,88,96,98,99,100,101,102);1H/t54-,57+,64-,69+;/m0./s1. The van der Waals surface area contributed by atoms with Crippen LogP contribution in [0.4, 0.5) is 47.2 Å². The summed E-state index contributed by atoms with van der Waals surface area (Å²) in [6, 6.07) is 22.8. The molecule has 7 heterocycles. The molecule has 0 saturated carbocycles. The lowest BCUT2D eigenvalue weighted by molar-refractivity contribution is -0.433. The van der Waals surface area contributed by atoms with E-state index in [-0.39, 0.29) is 110 Å². The van der Waals surface area contributed by atoms with Crippen LogP contribution in [0.25, 0.3) is 11.2 Å². The van der Waals surface area contributed by atoms with E-state index in [4.69, 9.17) is 35.2 Å². The largest absolute Gasteiger partial charge is 1.00 e. The van der Waals surface area contributed by atoms with Gasteiger partial charge >= 0.3 is 29.8 Å². The van der Waals surface area contributed by atoms with Gasteiger partial charge < -0.3 is 83.7 Å². The number of nitrogens with zero attached hydrogens (tertiary/aromatic N) is 12. The molecule has 11 rings (SSSR count). The van der Waals surface area contributed by atoms with Crippen molar-refractivity contribution in [3.8, 4) is 5.88 Å². The van der Waals surface area contributed by atoms with Crippen molar-refractivity contribution >= 4 is 97.3 Å². The molecule has 3 amide bonds. The molecule has 5 atom stereocenters. The number of para-hydroxylation sites is 2. The summed E-state index contributed by atoms with van der Waals surface area (Å²) in [6.07, 6.45) is 5.10. The summed E-state index contributed by atoms with van der Waals surface area (Å²) >= 11 is 0. The molecule has 10 N–H and O–H groups in total. The van der Waals surface area contributed by atoms with Crippen molar-refractivity contribution in [1.29, 1.82) is 0 Å². The summed E-state index contributed by atoms with van der Waals surface area (Å²) in [5.74, 6) is -6.38. The van der Waals surface area contributed by atoms with E-state index in [1.165, 1.54) is 51.0 Å². The number of fused-ring (bicyclic) bond motifs is 3. The second-order valence-electron chi connectivity index (χ2n) is 27.5. The van der Waals surface area contributed by atoms with Gasteiger partial charge in [0, 0.05) is 109 Å². The summed E-state index contributed by atoms with van der Waals surface area (Å²) in [7, 11) is 2.71. The Morgan fingerprint density at radius 2 is 1.61 bits per heavy atom. The third-order valence-corrected chi connectivity index (χ3v) is 21.7. The maximum absolute atomic E-state index is 15.0. The fourth-order valence-corrected chi connectivity index (χ4v) is 15.5. The summed E-state index contributed by atoms with van der Waals surface area (Å²) < 4.78 is 62.8. The SMILES string of the molecule is CCN(C(=O)OCCSSCCOC(=O)OC[C@H]1O[C@@H](n2ccc(N)nc2=O)C(F)(F)[C@H]1O)C1=C(/C=C/C2=[N+](CC)c3ccccc3C2(C)C)CC(OCc2cn(CCCNC(=O)CC[C@H](NC(=O)c3ccc(NCc4cnc5nc(N)nc(O)c5n4)cc3)C(=O)O)nn2)C/C1=C\C=C1\N(CC)c2ccccc2C1(C)C.[Cl-]. The van der Waals surface area contributed by atoms with Crippen molar-refractivity contribution in [2.75, 3.05) is 79.2 Å². The average Bonchev–Trinajstić information content (AvgIpc) is 1.60. The molecular formula is C76H90ClF2N17O14S2. The summed E-state index contributed by atoms with van der Waals surface area (Å²) in [5, 5.41) is 47.8. The number of carboxylic acid groups (broad SMARTS) is 1. The van der Waals surface area contributed by atoms with Crippen LogP contribution < -0.4 is 50.4 Å². The van der Waals surface area contributed by atoms with Crippen molar-refractivity contribution in [3.05, 3.63) is 183 Å². The quantitative estimate of drug-likeness (QED) is 0.0101. The molecule has 112 heavy (non-hydrogen) atoms. The number of benzene rings is 3. The van der Waals surface area contributed by atoms with Crippen LogP contribution in [0.2, 0.25) is 0 Å². The molecule has 3 aromatic carbocycles. The number of carbonyl (C=O) groups is 5. The number of carboxylic acids is 1. The summed E-state index contributed by atoms with van der Waals surface area (Å²) in [4.78, 5) is 102. The van der Waals surface area contributed by atoms with Crippen molar-refractivity contribution in [1.82, 2.24) is 60.0 Å². The van der Waals surface area contributed by atoms with Gasteiger partial charge in [0.05, 0.1) is 48.5 Å². The lowest BCUT2D eigenvalue weighted by atomic mass is 9.80. The number of ether oxygens (including phenoxy) is 5. The predicted octanol–water partition coefficient (Wildman–Crippen LogP) is 6.02. The van der Waals surface area contributed by atoms with E-state index in [1.54, 1.807) is 27.9 Å². The number of aliphatic carboxylic acids is 1. The minimum Gasteiger partial charge on any atom is -1.00 e. The number of aryl methyl sites for hydroxylation is 1. The first-order valence-electron chi connectivity index (χ1n) is 36.3. The lowest BCUT2D eigenvalue weighted by Crippen LogP contribution is -3.00. The number of aromatic nitrogens is 9. The molecule has 1 unspecified atom stereocenters. The van der Waals surface area contributed by atoms with Crippen LogP contribution in [0, 0.1) is 0 Å². The molecule has 0 bridgehead atoms. The Morgan fingerprint density at radius 1 is 0.875 bits per heavy atom. The zero-order valence-electron chi connectivity index (χ0n) is 62.8. The Labute approximate surface area is 658 Å². The van der Waals surface area contributed by atoms with Gasteiger partial charge in [-0.05, 0) is 107 Å². The van der Waals surface area contributed by atoms with E-state index in [0.29, 0.717) is 72.0 Å². The number of anilines is 4. The molecule has 36 heteroatoms. The number of amides is 3. The minimum absolute atomic E-state index is 0. The number of carbonyl (C=O) groups excluding carboxylic acids is 4. The Morgan fingerprint density at radius 3 is 2.33 bits per heavy atom. The molecule has 31 nitrogen and oxygen atoms in total. The molecule has 4 aliphatic rings. The van der Waals surface area contributed by atoms with Gasteiger partial charge in [-0.25, -0.2) is 29.1 Å². The number of halogens is 3. The van der Waals surface area contributed by atoms with Crippen LogP contribution in [0.1, 0.15) is 120 Å². The van der Waals surface area contributed by atoms with Gasteiger partial charge in [-0.1, -0.05) is 89.2 Å². The number of aromatic hydroxyl groups is 1. The molecule has 0 spiro atoms. The minimum atomic E-state index is -3.94. The Kier molecular flexibility index (Phi) is 27.8. The highest BCUT2D eigenvalue weighted by molar-refractivity contribution is 8.76. The van der Waals surface area contributed by atoms with Crippen molar-refractivity contribution in [2.24, 2.45) is 0 Å². The average molecular weight is 1600 g/mol. The number of nitrogen functional groups attached to an aromatic ring is 2. The third kappa shape index (κ3) is 19.5. The Bertz CT molecular complexity index is 4830. The first-order chi connectivity index (χ1) is 53.2. The van der Waals surface area contributed by atoms with E-state index in [0.717, 1.165) is 46.2 Å². The van der Waals surface area contributed by atoms with Crippen LogP contribution in [-0.4, -0.2) is 193 Å². The second kappa shape index (κ2) is 37.2. The van der Waals surface area contributed by atoms with Crippen LogP contribution in [-0.2, 0) is 63.8 Å². The molecule has 596 valence electrons. The van der Waals surface area contributed by atoms with E-state index in [2.05, 4.69) is 151 Å². The number of nitrogens with two attached hydrogens (primary N) is 2. The molecule has 1 aliphatic carbocycles. The number of hydrogen-bond donors (Lipinski definition) is 8. The number of aliphatic hydroxyl groups is 1. The van der Waals surface area contributed by atoms with Crippen LogP contribution in [0.3, 0.4) is 0 Å². The topological polar surface area (TPSA) is 407 Å². The fraction of sp³-hybridized carbons (Fsp3) is 0.421. The second-order valence-corrected chi connectivity index (χ2v) is 30.2. The molecule has 4 aromatic heterocycles. The van der Waals surface area contributed by atoms with E-state index in [9.17, 15) is 44.1 Å². The maximum Gasteiger partial charge on any atom is 0.508 e. The number of rotatable bonds is 33. The predicted molar refractivity (Wildman–Crippen MR) is 412 cm³/mol. The van der Waals surface area contributed by atoms with Gasteiger partial charge in [0.25, 0.3) is 5.91 Å². The smallest absolute Gasteiger partial charge is 0.508 e. The highest BCUT2D eigenvalue weighted by Crippen LogP contribution is 2.49.